The standard InChI is InChI=1S/C16H15N3O4S2/c1-9-6-13(19-23-9)18-16(22)15(21)17-7-11-2-3-12(25-11)14(20)10-4-5-24-8-10/h2-6,8,14,20H,7H2,1H3,(H,17,21)(H,18,19,22). The van der Waals surface area contributed by atoms with Crippen LogP contribution in [0.1, 0.15) is 27.2 Å². The molecule has 3 aromatic rings. The molecule has 3 heterocycles. The van der Waals surface area contributed by atoms with Crippen LogP contribution in [-0.4, -0.2) is 22.1 Å². The highest BCUT2D eigenvalue weighted by molar-refractivity contribution is 7.12. The van der Waals surface area contributed by atoms with E-state index in [2.05, 4.69) is 15.8 Å². The minimum atomic E-state index is -0.816. The van der Waals surface area contributed by atoms with E-state index in [1.807, 2.05) is 29.0 Å². The molecule has 0 radical (unpaired) electrons. The average molecular weight is 377 g/mol. The van der Waals surface area contributed by atoms with Gasteiger partial charge in [0, 0.05) is 15.8 Å². The molecule has 1 unspecified atom stereocenters. The smallest absolute Gasteiger partial charge is 0.314 e. The third kappa shape index (κ3) is 4.32. The number of aliphatic hydroxyl groups is 1. The fraction of sp³-hybridized carbons (Fsp3) is 0.188. The number of thiophene rings is 2. The van der Waals surface area contributed by atoms with Gasteiger partial charge in [0.15, 0.2) is 5.82 Å². The zero-order valence-electron chi connectivity index (χ0n) is 13.2. The van der Waals surface area contributed by atoms with E-state index in [1.165, 1.54) is 28.7 Å². The van der Waals surface area contributed by atoms with Crippen molar-refractivity contribution >= 4 is 40.3 Å². The Kier molecular flexibility index (Phi) is 5.27. The Morgan fingerprint density at radius 3 is 2.84 bits per heavy atom. The largest absolute Gasteiger partial charge is 0.383 e. The van der Waals surface area contributed by atoms with E-state index in [0.29, 0.717) is 5.76 Å². The molecule has 0 aliphatic carbocycles. The van der Waals surface area contributed by atoms with Gasteiger partial charge in [0.25, 0.3) is 0 Å². The van der Waals surface area contributed by atoms with E-state index in [1.54, 1.807) is 6.92 Å². The predicted molar refractivity (Wildman–Crippen MR) is 94.4 cm³/mol. The second kappa shape index (κ2) is 7.60. The van der Waals surface area contributed by atoms with E-state index in [4.69, 9.17) is 4.52 Å². The van der Waals surface area contributed by atoms with Gasteiger partial charge in [-0.3, -0.25) is 14.9 Å². The first kappa shape index (κ1) is 17.3. The van der Waals surface area contributed by atoms with Crippen molar-refractivity contribution in [2.24, 2.45) is 0 Å². The SMILES string of the molecule is Cc1cc(NC(=O)C(=O)NCc2ccc(C(O)c3ccsc3)s2)no1. The Bertz CT molecular complexity index is 870. The quantitative estimate of drug-likeness (QED) is 0.593. The fourth-order valence-corrected chi connectivity index (χ4v) is 3.72. The summed E-state index contributed by atoms with van der Waals surface area (Å²) in [6.07, 6.45) is -0.681. The number of hydrogen-bond donors (Lipinski definition) is 3. The van der Waals surface area contributed by atoms with Crippen LogP contribution in [0.25, 0.3) is 0 Å². The molecule has 3 rings (SSSR count). The highest BCUT2D eigenvalue weighted by Crippen LogP contribution is 2.29. The summed E-state index contributed by atoms with van der Waals surface area (Å²) >= 11 is 2.90. The lowest BCUT2D eigenvalue weighted by Crippen LogP contribution is -2.34. The summed E-state index contributed by atoms with van der Waals surface area (Å²) in [6.45, 7) is 1.88. The zero-order chi connectivity index (χ0) is 17.8. The first-order chi connectivity index (χ1) is 12.0. The Morgan fingerprint density at radius 2 is 2.16 bits per heavy atom. The molecule has 2 amide bonds. The van der Waals surface area contributed by atoms with Gasteiger partial charge in [0.1, 0.15) is 11.9 Å². The zero-order valence-corrected chi connectivity index (χ0v) is 14.8. The summed E-state index contributed by atoms with van der Waals surface area (Å²) in [6, 6.07) is 7.01. The van der Waals surface area contributed by atoms with Crippen LogP contribution >= 0.6 is 22.7 Å². The lowest BCUT2D eigenvalue weighted by Gasteiger charge is -2.05. The number of carbonyl (C=O) groups is 2. The summed E-state index contributed by atoms with van der Waals surface area (Å²) in [4.78, 5) is 25.2. The van der Waals surface area contributed by atoms with Crippen molar-refractivity contribution in [3.8, 4) is 0 Å². The normalized spacial score (nSPS) is 11.9. The fourth-order valence-electron chi connectivity index (χ4n) is 2.08. The van der Waals surface area contributed by atoms with Gasteiger partial charge < -0.3 is 14.9 Å². The number of carbonyl (C=O) groups excluding carboxylic acids is 2. The maximum atomic E-state index is 11.8. The van der Waals surface area contributed by atoms with E-state index in [0.717, 1.165) is 15.3 Å². The van der Waals surface area contributed by atoms with E-state index >= 15 is 0 Å². The molecule has 9 heteroatoms. The molecule has 3 N–H and O–H groups in total. The van der Waals surface area contributed by atoms with E-state index in [9.17, 15) is 14.7 Å². The molecule has 130 valence electrons. The van der Waals surface area contributed by atoms with Crippen LogP contribution in [0.15, 0.2) is 39.5 Å². The number of nitrogens with one attached hydrogen (secondary N) is 2. The van der Waals surface area contributed by atoms with E-state index in [-0.39, 0.29) is 12.4 Å². The first-order valence-electron chi connectivity index (χ1n) is 7.34. The van der Waals surface area contributed by atoms with Crippen LogP contribution in [0.3, 0.4) is 0 Å². The molecule has 0 aliphatic heterocycles. The molecule has 0 spiro atoms. The van der Waals surface area contributed by atoms with Gasteiger partial charge in [-0.05, 0) is 41.4 Å². The molecular formula is C16H15N3O4S2. The molecule has 0 saturated carbocycles. The second-order valence-electron chi connectivity index (χ2n) is 5.22. The minimum absolute atomic E-state index is 0.190. The Balaban J connectivity index is 1.53. The van der Waals surface area contributed by atoms with Crippen LogP contribution in [0, 0.1) is 6.92 Å². The van der Waals surface area contributed by atoms with Crippen molar-refractivity contribution in [3.63, 3.8) is 0 Å². The summed E-state index contributed by atoms with van der Waals surface area (Å²) in [7, 11) is 0. The number of aromatic nitrogens is 1. The highest BCUT2D eigenvalue weighted by atomic mass is 32.1. The Labute approximate surface area is 151 Å². The molecule has 3 aromatic heterocycles. The molecular weight excluding hydrogens is 362 g/mol. The molecule has 0 fully saturated rings. The third-order valence-electron chi connectivity index (χ3n) is 3.31. The summed E-state index contributed by atoms with van der Waals surface area (Å²) in [5.41, 5.74) is 0.838. The number of nitrogens with zero attached hydrogens (tertiary/aromatic N) is 1. The van der Waals surface area contributed by atoms with Crippen LogP contribution in [0.2, 0.25) is 0 Å². The van der Waals surface area contributed by atoms with Crippen molar-refractivity contribution in [2.75, 3.05) is 5.32 Å². The monoisotopic (exact) mass is 377 g/mol. The van der Waals surface area contributed by atoms with Gasteiger partial charge in [-0.2, -0.15) is 11.3 Å². The van der Waals surface area contributed by atoms with Crippen molar-refractivity contribution in [1.82, 2.24) is 10.5 Å². The maximum absolute atomic E-state index is 11.8. The molecule has 0 bridgehead atoms. The average Bonchev–Trinajstić information content (AvgIpc) is 3.34. The number of amides is 2. The van der Waals surface area contributed by atoms with Gasteiger partial charge in [-0.25, -0.2) is 0 Å². The Morgan fingerprint density at radius 1 is 1.32 bits per heavy atom. The molecule has 25 heavy (non-hydrogen) atoms. The molecule has 1 atom stereocenters. The van der Waals surface area contributed by atoms with Crippen molar-refractivity contribution in [2.45, 2.75) is 19.6 Å². The van der Waals surface area contributed by atoms with E-state index < -0.39 is 17.9 Å². The van der Waals surface area contributed by atoms with Crippen molar-refractivity contribution in [1.29, 1.82) is 0 Å². The van der Waals surface area contributed by atoms with Gasteiger partial charge in [-0.1, -0.05) is 5.16 Å². The third-order valence-corrected chi connectivity index (χ3v) is 5.15. The number of aryl methyl sites for hydroxylation is 1. The molecule has 7 nitrogen and oxygen atoms in total. The molecule has 0 saturated heterocycles. The van der Waals surface area contributed by atoms with Crippen LogP contribution < -0.4 is 10.6 Å². The summed E-state index contributed by atoms with van der Waals surface area (Å²) < 4.78 is 4.81. The minimum Gasteiger partial charge on any atom is -0.383 e. The van der Waals surface area contributed by atoms with Crippen LogP contribution in [0.5, 0.6) is 0 Å². The molecule has 0 aliphatic rings. The van der Waals surface area contributed by atoms with Gasteiger partial charge in [-0.15, -0.1) is 11.3 Å². The first-order valence-corrected chi connectivity index (χ1v) is 9.10. The number of hydrogen-bond acceptors (Lipinski definition) is 7. The number of rotatable bonds is 5. The predicted octanol–water partition coefficient (Wildman–Crippen LogP) is 2.44. The topological polar surface area (TPSA) is 104 Å². The van der Waals surface area contributed by atoms with Gasteiger partial charge in [0.05, 0.1) is 6.54 Å². The summed E-state index contributed by atoms with van der Waals surface area (Å²) in [5, 5.41) is 22.5. The van der Waals surface area contributed by atoms with Crippen LogP contribution in [0.4, 0.5) is 5.82 Å². The number of aliphatic hydroxyl groups excluding tert-OH is 1. The van der Waals surface area contributed by atoms with Crippen molar-refractivity contribution < 1.29 is 19.2 Å². The Hall–Kier alpha value is -2.49. The number of anilines is 1. The lowest BCUT2D eigenvalue weighted by atomic mass is 10.2. The lowest BCUT2D eigenvalue weighted by molar-refractivity contribution is -0.136. The van der Waals surface area contributed by atoms with Gasteiger partial charge >= 0.3 is 11.8 Å². The summed E-state index contributed by atoms with van der Waals surface area (Å²) in [5.74, 6) is -0.863. The van der Waals surface area contributed by atoms with Crippen molar-refractivity contribution in [3.05, 3.63) is 56.1 Å². The highest BCUT2D eigenvalue weighted by Gasteiger charge is 2.17. The maximum Gasteiger partial charge on any atom is 0.314 e. The van der Waals surface area contributed by atoms with Crippen LogP contribution in [-0.2, 0) is 16.1 Å². The molecule has 0 aromatic carbocycles. The second-order valence-corrected chi connectivity index (χ2v) is 7.20. The van der Waals surface area contributed by atoms with Gasteiger partial charge in [0.2, 0.25) is 0 Å².